The van der Waals surface area contributed by atoms with Gasteiger partial charge in [-0.25, -0.2) is 4.39 Å². The number of aliphatic imine (C=N–C) groups is 1. The highest BCUT2D eigenvalue weighted by Crippen LogP contribution is 2.22. The standard InChI is InChI=1S/C21H31FN4O3.HI/c1-23-21(26-9-7-17(8-10-26)20(27)28-2)24-15-19(25-11-13-29-14-12-25)16-3-5-18(22)6-4-16;/h3-6,17,19H,7-15H2,1-2H3,(H,23,24);1H. The number of carbonyl (C=O) groups excluding carboxylic acids is 1. The van der Waals surface area contributed by atoms with E-state index in [1.54, 1.807) is 7.05 Å². The summed E-state index contributed by atoms with van der Waals surface area (Å²) in [5.74, 6) is 0.436. The van der Waals surface area contributed by atoms with Crippen LogP contribution >= 0.6 is 24.0 Å². The van der Waals surface area contributed by atoms with Gasteiger partial charge in [0.2, 0.25) is 0 Å². The van der Waals surface area contributed by atoms with Gasteiger partial charge in [-0.1, -0.05) is 12.1 Å². The van der Waals surface area contributed by atoms with Crippen molar-refractivity contribution >= 4 is 35.9 Å². The number of carbonyl (C=O) groups is 1. The number of piperidine rings is 1. The molecule has 1 aromatic rings. The highest BCUT2D eigenvalue weighted by molar-refractivity contribution is 14.0. The van der Waals surface area contributed by atoms with Crippen molar-refractivity contribution in [2.24, 2.45) is 10.9 Å². The minimum Gasteiger partial charge on any atom is -0.469 e. The van der Waals surface area contributed by atoms with Gasteiger partial charge in [0.25, 0.3) is 0 Å². The van der Waals surface area contributed by atoms with Crippen LogP contribution in [0.4, 0.5) is 4.39 Å². The lowest BCUT2D eigenvalue weighted by Crippen LogP contribution is -2.49. The van der Waals surface area contributed by atoms with Crippen molar-refractivity contribution in [3.05, 3.63) is 35.6 Å². The van der Waals surface area contributed by atoms with Gasteiger partial charge >= 0.3 is 5.97 Å². The molecule has 30 heavy (non-hydrogen) atoms. The maximum Gasteiger partial charge on any atom is 0.308 e. The molecule has 0 radical (unpaired) electrons. The third-order valence-electron chi connectivity index (χ3n) is 5.74. The van der Waals surface area contributed by atoms with Crippen LogP contribution in [0.1, 0.15) is 24.4 Å². The van der Waals surface area contributed by atoms with Crippen molar-refractivity contribution in [3.63, 3.8) is 0 Å². The zero-order valence-corrected chi connectivity index (χ0v) is 20.0. The molecule has 2 aliphatic rings. The molecule has 1 unspecified atom stereocenters. The van der Waals surface area contributed by atoms with E-state index in [0.717, 1.165) is 50.5 Å². The Bertz CT molecular complexity index is 690. The van der Waals surface area contributed by atoms with Gasteiger partial charge in [0.1, 0.15) is 5.82 Å². The third-order valence-corrected chi connectivity index (χ3v) is 5.74. The molecule has 2 fully saturated rings. The second-order valence-corrected chi connectivity index (χ2v) is 7.43. The maximum atomic E-state index is 13.4. The number of hydrogen-bond acceptors (Lipinski definition) is 5. The number of morpholine rings is 1. The fraction of sp³-hybridized carbons (Fsp3) is 0.619. The van der Waals surface area contributed by atoms with Crippen LogP contribution in [0.15, 0.2) is 29.3 Å². The molecular weight excluding hydrogens is 502 g/mol. The smallest absolute Gasteiger partial charge is 0.308 e. The summed E-state index contributed by atoms with van der Waals surface area (Å²) in [5.41, 5.74) is 1.07. The Hall–Kier alpha value is -1.46. The molecule has 1 N–H and O–H groups in total. The molecular formula is C21H32FIN4O3. The Morgan fingerprint density at radius 3 is 2.43 bits per heavy atom. The number of likely N-dealkylation sites (tertiary alicyclic amines) is 1. The summed E-state index contributed by atoms with van der Waals surface area (Å²) in [6.45, 7) is 5.27. The maximum absolute atomic E-state index is 13.4. The summed E-state index contributed by atoms with van der Waals surface area (Å²) in [7, 11) is 3.22. The van der Waals surface area contributed by atoms with Crippen LogP contribution in [-0.4, -0.2) is 81.8 Å². The minimum atomic E-state index is -0.230. The molecule has 2 saturated heterocycles. The Labute approximate surface area is 195 Å². The first-order valence-corrected chi connectivity index (χ1v) is 10.2. The molecule has 1 atom stereocenters. The molecule has 9 heteroatoms. The van der Waals surface area contributed by atoms with Crippen molar-refractivity contribution in [2.45, 2.75) is 18.9 Å². The highest BCUT2D eigenvalue weighted by Gasteiger charge is 2.28. The first kappa shape index (κ1) is 24.8. The number of esters is 1. The van der Waals surface area contributed by atoms with E-state index in [0.29, 0.717) is 19.8 Å². The molecule has 0 spiro atoms. The van der Waals surface area contributed by atoms with Crippen molar-refractivity contribution in [1.29, 1.82) is 0 Å². The molecule has 0 aliphatic carbocycles. The molecule has 0 saturated carbocycles. The summed E-state index contributed by atoms with van der Waals surface area (Å²) in [5, 5.41) is 3.49. The van der Waals surface area contributed by atoms with Crippen molar-refractivity contribution in [2.75, 3.05) is 60.1 Å². The van der Waals surface area contributed by atoms with E-state index >= 15 is 0 Å². The number of methoxy groups -OCH3 is 1. The Kier molecular flexibility index (Phi) is 10.3. The fourth-order valence-electron chi connectivity index (χ4n) is 4.05. The van der Waals surface area contributed by atoms with Gasteiger partial charge in [0, 0.05) is 39.8 Å². The average molecular weight is 534 g/mol. The van der Waals surface area contributed by atoms with E-state index in [1.807, 2.05) is 12.1 Å². The summed E-state index contributed by atoms with van der Waals surface area (Å²) in [6, 6.07) is 6.82. The fourth-order valence-corrected chi connectivity index (χ4v) is 4.05. The van der Waals surface area contributed by atoms with Crippen LogP contribution in [0.5, 0.6) is 0 Å². The topological polar surface area (TPSA) is 66.4 Å². The van der Waals surface area contributed by atoms with Crippen LogP contribution < -0.4 is 5.32 Å². The van der Waals surface area contributed by atoms with Crippen LogP contribution in [0.2, 0.25) is 0 Å². The lowest BCUT2D eigenvalue weighted by molar-refractivity contribution is -0.146. The predicted octanol–water partition coefficient (Wildman–Crippen LogP) is 2.28. The largest absolute Gasteiger partial charge is 0.469 e. The monoisotopic (exact) mass is 534 g/mol. The van der Waals surface area contributed by atoms with E-state index in [1.165, 1.54) is 19.2 Å². The first-order chi connectivity index (χ1) is 14.1. The minimum absolute atomic E-state index is 0. The molecule has 7 nitrogen and oxygen atoms in total. The van der Waals surface area contributed by atoms with Crippen LogP contribution in [0, 0.1) is 11.7 Å². The Morgan fingerprint density at radius 2 is 1.87 bits per heavy atom. The summed E-state index contributed by atoms with van der Waals surface area (Å²) >= 11 is 0. The number of ether oxygens (including phenoxy) is 2. The molecule has 2 aliphatic heterocycles. The van der Waals surface area contributed by atoms with Gasteiger partial charge in [0.05, 0.1) is 32.3 Å². The first-order valence-electron chi connectivity index (χ1n) is 10.2. The summed E-state index contributed by atoms with van der Waals surface area (Å²) < 4.78 is 23.8. The third kappa shape index (κ3) is 6.52. The van der Waals surface area contributed by atoms with Crippen LogP contribution in [0.25, 0.3) is 0 Å². The van der Waals surface area contributed by atoms with Crippen molar-refractivity contribution < 1.29 is 18.7 Å². The quantitative estimate of drug-likeness (QED) is 0.271. The summed E-state index contributed by atoms with van der Waals surface area (Å²) in [6.07, 6.45) is 1.52. The number of rotatable bonds is 5. The Balaban J connectivity index is 0.00000320. The van der Waals surface area contributed by atoms with Gasteiger partial charge < -0.3 is 19.7 Å². The van der Waals surface area contributed by atoms with Gasteiger partial charge in [-0.2, -0.15) is 0 Å². The second kappa shape index (κ2) is 12.4. The molecule has 0 aromatic heterocycles. The van der Waals surface area contributed by atoms with Crippen molar-refractivity contribution in [3.8, 4) is 0 Å². The normalized spacial score (nSPS) is 19.7. The van der Waals surface area contributed by atoms with E-state index in [4.69, 9.17) is 9.47 Å². The van der Waals surface area contributed by atoms with Gasteiger partial charge in [-0.15, -0.1) is 24.0 Å². The summed E-state index contributed by atoms with van der Waals surface area (Å²) in [4.78, 5) is 20.7. The number of benzene rings is 1. The molecule has 168 valence electrons. The number of halogens is 2. The van der Waals surface area contributed by atoms with Gasteiger partial charge in [-0.3, -0.25) is 14.7 Å². The number of nitrogens with one attached hydrogen (secondary N) is 1. The lowest BCUT2D eigenvalue weighted by atomic mass is 9.97. The van der Waals surface area contributed by atoms with Gasteiger partial charge in [-0.05, 0) is 30.5 Å². The number of guanidine groups is 1. The molecule has 3 rings (SSSR count). The zero-order chi connectivity index (χ0) is 20.6. The zero-order valence-electron chi connectivity index (χ0n) is 17.7. The highest BCUT2D eigenvalue weighted by atomic mass is 127. The number of nitrogens with zero attached hydrogens (tertiary/aromatic N) is 3. The number of hydrogen-bond donors (Lipinski definition) is 1. The van der Waals surface area contributed by atoms with E-state index in [9.17, 15) is 9.18 Å². The second-order valence-electron chi connectivity index (χ2n) is 7.43. The van der Waals surface area contributed by atoms with Crippen LogP contribution in [0.3, 0.4) is 0 Å². The molecule has 2 heterocycles. The SMILES string of the molecule is CN=C(NCC(c1ccc(F)cc1)N1CCOCC1)N1CCC(C(=O)OC)CC1.I. The molecule has 1 aromatic carbocycles. The lowest BCUT2D eigenvalue weighted by Gasteiger charge is -2.37. The predicted molar refractivity (Wildman–Crippen MR) is 125 cm³/mol. The van der Waals surface area contributed by atoms with Gasteiger partial charge in [0.15, 0.2) is 5.96 Å². The van der Waals surface area contributed by atoms with Crippen LogP contribution in [-0.2, 0) is 14.3 Å². The van der Waals surface area contributed by atoms with E-state index < -0.39 is 0 Å². The van der Waals surface area contributed by atoms with E-state index in [2.05, 4.69) is 20.1 Å². The molecule has 0 bridgehead atoms. The van der Waals surface area contributed by atoms with E-state index in [-0.39, 0.29) is 47.7 Å². The van der Waals surface area contributed by atoms with Crippen molar-refractivity contribution in [1.82, 2.24) is 15.1 Å². The molecule has 0 amide bonds. The average Bonchev–Trinajstić information content (AvgIpc) is 2.78. The Morgan fingerprint density at radius 1 is 1.23 bits per heavy atom.